The molecule has 20 heavy (non-hydrogen) atoms. The van der Waals surface area contributed by atoms with Crippen LogP contribution in [-0.2, 0) is 6.42 Å². The predicted molar refractivity (Wildman–Crippen MR) is 80.8 cm³/mol. The predicted octanol–water partition coefficient (Wildman–Crippen LogP) is 3.66. The standard InChI is InChI=1S/C15H17BrFN3/c1-10(2)20-15(14-4-3-13(17)9-19-14)6-11-5-12(16)8-18-7-11/h3-5,7-10,15,20H,6H2,1-2H3. The fourth-order valence-electron chi connectivity index (χ4n) is 2.05. The Morgan fingerprint density at radius 1 is 1.25 bits per heavy atom. The summed E-state index contributed by atoms with van der Waals surface area (Å²) in [6.45, 7) is 4.16. The molecule has 2 heterocycles. The minimum atomic E-state index is -0.318. The van der Waals surface area contributed by atoms with Crippen molar-refractivity contribution in [2.45, 2.75) is 32.4 Å². The molecule has 0 aliphatic heterocycles. The van der Waals surface area contributed by atoms with Crippen molar-refractivity contribution >= 4 is 15.9 Å². The van der Waals surface area contributed by atoms with Crippen molar-refractivity contribution < 1.29 is 4.39 Å². The molecule has 2 aromatic rings. The van der Waals surface area contributed by atoms with Gasteiger partial charge < -0.3 is 5.32 Å². The third-order valence-corrected chi connectivity index (χ3v) is 3.28. The van der Waals surface area contributed by atoms with Crippen LogP contribution in [0, 0.1) is 5.82 Å². The van der Waals surface area contributed by atoms with Gasteiger partial charge in [-0.3, -0.25) is 9.97 Å². The molecule has 3 nitrogen and oxygen atoms in total. The zero-order valence-corrected chi connectivity index (χ0v) is 13.1. The number of pyridine rings is 2. The lowest BCUT2D eigenvalue weighted by Crippen LogP contribution is -2.30. The van der Waals surface area contributed by atoms with Gasteiger partial charge in [0.05, 0.1) is 17.9 Å². The monoisotopic (exact) mass is 337 g/mol. The molecular weight excluding hydrogens is 321 g/mol. The highest BCUT2D eigenvalue weighted by molar-refractivity contribution is 9.10. The summed E-state index contributed by atoms with van der Waals surface area (Å²) in [5.41, 5.74) is 1.93. The number of halogens is 2. The van der Waals surface area contributed by atoms with Crippen LogP contribution < -0.4 is 5.32 Å². The van der Waals surface area contributed by atoms with Crippen LogP contribution in [0.5, 0.6) is 0 Å². The Balaban J connectivity index is 2.21. The van der Waals surface area contributed by atoms with E-state index in [9.17, 15) is 4.39 Å². The van der Waals surface area contributed by atoms with E-state index in [4.69, 9.17) is 0 Å². The van der Waals surface area contributed by atoms with Crippen LogP contribution in [-0.4, -0.2) is 16.0 Å². The van der Waals surface area contributed by atoms with E-state index in [1.165, 1.54) is 12.3 Å². The Labute approximate surface area is 126 Å². The molecule has 106 valence electrons. The van der Waals surface area contributed by atoms with Crippen LogP contribution in [0.2, 0.25) is 0 Å². The van der Waals surface area contributed by atoms with E-state index < -0.39 is 0 Å². The van der Waals surface area contributed by atoms with Crippen LogP contribution in [0.3, 0.4) is 0 Å². The molecule has 0 aliphatic carbocycles. The van der Waals surface area contributed by atoms with Crippen molar-refractivity contribution in [3.8, 4) is 0 Å². The number of rotatable bonds is 5. The van der Waals surface area contributed by atoms with Crippen molar-refractivity contribution in [3.63, 3.8) is 0 Å². The lowest BCUT2D eigenvalue weighted by Gasteiger charge is -2.21. The zero-order chi connectivity index (χ0) is 14.5. The van der Waals surface area contributed by atoms with E-state index in [0.29, 0.717) is 6.04 Å². The first-order valence-electron chi connectivity index (χ1n) is 6.51. The van der Waals surface area contributed by atoms with E-state index in [2.05, 4.69) is 45.1 Å². The molecule has 1 atom stereocenters. The van der Waals surface area contributed by atoms with Gasteiger partial charge in [-0.15, -0.1) is 0 Å². The van der Waals surface area contributed by atoms with Gasteiger partial charge in [-0.05, 0) is 46.1 Å². The maximum atomic E-state index is 13.0. The highest BCUT2D eigenvalue weighted by Gasteiger charge is 2.15. The second-order valence-corrected chi connectivity index (χ2v) is 5.91. The fraction of sp³-hybridized carbons (Fsp3) is 0.333. The highest BCUT2D eigenvalue weighted by Crippen LogP contribution is 2.19. The zero-order valence-electron chi connectivity index (χ0n) is 11.5. The third kappa shape index (κ3) is 4.35. The summed E-state index contributed by atoms with van der Waals surface area (Å²) in [4.78, 5) is 8.35. The molecule has 1 unspecified atom stereocenters. The summed E-state index contributed by atoms with van der Waals surface area (Å²) in [5.74, 6) is -0.318. The smallest absolute Gasteiger partial charge is 0.141 e. The quantitative estimate of drug-likeness (QED) is 0.904. The summed E-state index contributed by atoms with van der Waals surface area (Å²) < 4.78 is 13.9. The molecule has 0 fully saturated rings. The first-order valence-corrected chi connectivity index (χ1v) is 7.31. The second-order valence-electron chi connectivity index (χ2n) is 4.99. The van der Waals surface area contributed by atoms with Gasteiger partial charge in [0, 0.05) is 22.9 Å². The SMILES string of the molecule is CC(C)NC(Cc1cncc(Br)c1)c1ccc(F)cn1. The molecule has 5 heteroatoms. The first-order chi connectivity index (χ1) is 9.54. The summed E-state index contributed by atoms with van der Waals surface area (Å²) in [5, 5.41) is 3.46. The molecular formula is C15H17BrFN3. The van der Waals surface area contributed by atoms with E-state index >= 15 is 0 Å². The van der Waals surface area contributed by atoms with Crippen molar-refractivity contribution in [2.24, 2.45) is 0 Å². The molecule has 0 bridgehead atoms. The Bertz CT molecular complexity index is 557. The minimum absolute atomic E-state index is 0.0340. The average Bonchev–Trinajstić information content (AvgIpc) is 2.38. The molecule has 2 aromatic heterocycles. The molecule has 0 amide bonds. The summed E-state index contributed by atoms with van der Waals surface area (Å²) in [6.07, 6.45) is 5.60. The van der Waals surface area contributed by atoms with E-state index in [0.717, 1.165) is 22.2 Å². The maximum Gasteiger partial charge on any atom is 0.141 e. The van der Waals surface area contributed by atoms with Crippen molar-refractivity contribution in [1.82, 2.24) is 15.3 Å². The van der Waals surface area contributed by atoms with Crippen LogP contribution in [0.4, 0.5) is 4.39 Å². The van der Waals surface area contributed by atoms with Gasteiger partial charge in [-0.25, -0.2) is 4.39 Å². The molecule has 0 spiro atoms. The molecule has 0 radical (unpaired) electrons. The van der Waals surface area contributed by atoms with Crippen molar-refractivity contribution in [3.05, 3.63) is 58.3 Å². The van der Waals surface area contributed by atoms with Gasteiger partial charge in [0.25, 0.3) is 0 Å². The average molecular weight is 338 g/mol. The normalized spacial score (nSPS) is 12.7. The molecule has 1 N–H and O–H groups in total. The highest BCUT2D eigenvalue weighted by atomic mass is 79.9. The van der Waals surface area contributed by atoms with Crippen LogP contribution in [0.1, 0.15) is 31.1 Å². The lowest BCUT2D eigenvalue weighted by atomic mass is 10.0. The van der Waals surface area contributed by atoms with Gasteiger partial charge in [-0.1, -0.05) is 13.8 Å². The summed E-state index contributed by atoms with van der Waals surface area (Å²) >= 11 is 3.42. The number of hydrogen-bond donors (Lipinski definition) is 1. The van der Waals surface area contributed by atoms with E-state index in [1.807, 2.05) is 12.3 Å². The van der Waals surface area contributed by atoms with Gasteiger partial charge in [0.2, 0.25) is 0 Å². The Hall–Kier alpha value is -1.33. The topological polar surface area (TPSA) is 37.8 Å². The maximum absolute atomic E-state index is 13.0. The second kappa shape index (κ2) is 6.90. The van der Waals surface area contributed by atoms with Crippen LogP contribution in [0.15, 0.2) is 41.3 Å². The largest absolute Gasteiger partial charge is 0.306 e. The van der Waals surface area contributed by atoms with Crippen molar-refractivity contribution in [2.75, 3.05) is 0 Å². The van der Waals surface area contributed by atoms with Gasteiger partial charge in [0.15, 0.2) is 0 Å². The molecule has 0 aliphatic rings. The molecule has 0 saturated carbocycles. The number of nitrogens with zero attached hydrogens (tertiary/aromatic N) is 2. The van der Waals surface area contributed by atoms with Gasteiger partial charge in [-0.2, -0.15) is 0 Å². The third-order valence-electron chi connectivity index (χ3n) is 2.84. The Morgan fingerprint density at radius 3 is 2.65 bits per heavy atom. The van der Waals surface area contributed by atoms with Crippen molar-refractivity contribution in [1.29, 1.82) is 0 Å². The van der Waals surface area contributed by atoms with E-state index in [-0.39, 0.29) is 11.9 Å². The number of aromatic nitrogens is 2. The minimum Gasteiger partial charge on any atom is -0.306 e. The van der Waals surface area contributed by atoms with E-state index in [1.54, 1.807) is 12.3 Å². The first kappa shape index (κ1) is 15.1. The Kier molecular flexibility index (Phi) is 5.20. The Morgan fingerprint density at radius 2 is 2.05 bits per heavy atom. The molecule has 0 saturated heterocycles. The summed E-state index contributed by atoms with van der Waals surface area (Å²) in [7, 11) is 0. The van der Waals surface area contributed by atoms with Crippen LogP contribution in [0.25, 0.3) is 0 Å². The fourth-order valence-corrected chi connectivity index (χ4v) is 2.46. The van der Waals surface area contributed by atoms with Gasteiger partial charge >= 0.3 is 0 Å². The molecule has 0 aromatic carbocycles. The van der Waals surface area contributed by atoms with Crippen LogP contribution >= 0.6 is 15.9 Å². The van der Waals surface area contributed by atoms with Gasteiger partial charge in [0.1, 0.15) is 5.82 Å². The number of hydrogen-bond acceptors (Lipinski definition) is 3. The summed E-state index contributed by atoms with van der Waals surface area (Å²) in [6, 6.07) is 5.54. The lowest BCUT2D eigenvalue weighted by molar-refractivity contribution is 0.464. The molecule has 2 rings (SSSR count). The number of nitrogens with one attached hydrogen (secondary N) is 1.